The fourth-order valence-electron chi connectivity index (χ4n) is 1.90. The smallest absolute Gasteiger partial charge is 0.123 e. The molecule has 0 saturated carbocycles. The van der Waals surface area contributed by atoms with Crippen LogP contribution in [0.3, 0.4) is 0 Å². The fourth-order valence-corrected chi connectivity index (χ4v) is 2.99. The molecule has 0 heterocycles. The van der Waals surface area contributed by atoms with E-state index in [2.05, 4.69) is 50.0 Å². The Morgan fingerprint density at radius 2 is 1.89 bits per heavy atom. The molecule has 0 spiro atoms. The Kier molecular flexibility index (Phi) is 5.32. The Labute approximate surface area is 133 Å². The molecule has 0 aliphatic heterocycles. The van der Waals surface area contributed by atoms with Crippen LogP contribution in [0.2, 0.25) is 0 Å². The molecule has 3 N–H and O–H groups in total. The Bertz CT molecular complexity index is 560. The fraction of sp³-hybridized carbons (Fsp3) is 0.143. The lowest BCUT2D eigenvalue weighted by Crippen LogP contribution is -2.30. The van der Waals surface area contributed by atoms with E-state index in [0.717, 1.165) is 19.2 Å². The number of benzene rings is 2. The van der Waals surface area contributed by atoms with Crippen molar-refractivity contribution in [1.29, 1.82) is 0 Å². The van der Waals surface area contributed by atoms with E-state index in [1.807, 2.05) is 12.1 Å². The summed E-state index contributed by atoms with van der Waals surface area (Å²) in [6.07, 6.45) is 0.712. The molecule has 2 aromatic rings. The first-order valence-corrected chi connectivity index (χ1v) is 7.63. The van der Waals surface area contributed by atoms with Gasteiger partial charge in [0, 0.05) is 8.04 Å². The van der Waals surface area contributed by atoms with Crippen LogP contribution in [-0.2, 0) is 6.42 Å². The lowest BCUT2D eigenvalue weighted by Gasteiger charge is -2.18. The second-order valence-corrected chi connectivity index (χ2v) is 6.29. The lowest BCUT2D eigenvalue weighted by atomic mass is 9.99. The molecule has 0 radical (unpaired) electrons. The molecule has 2 aromatic carbocycles. The molecule has 0 saturated heterocycles. The highest BCUT2D eigenvalue weighted by molar-refractivity contribution is 14.1. The van der Waals surface area contributed by atoms with Crippen molar-refractivity contribution in [3.05, 3.63) is 67.5 Å². The van der Waals surface area contributed by atoms with Gasteiger partial charge in [0.2, 0.25) is 0 Å². The molecule has 19 heavy (non-hydrogen) atoms. The van der Waals surface area contributed by atoms with Gasteiger partial charge in [-0.05, 0) is 70.5 Å². The van der Waals surface area contributed by atoms with E-state index in [-0.39, 0.29) is 11.9 Å². The third kappa shape index (κ3) is 3.98. The van der Waals surface area contributed by atoms with E-state index >= 15 is 0 Å². The summed E-state index contributed by atoms with van der Waals surface area (Å²) in [5.74, 6) is 5.43. The largest absolute Gasteiger partial charge is 0.271 e. The average Bonchev–Trinajstić information content (AvgIpc) is 2.41. The Morgan fingerprint density at radius 3 is 2.53 bits per heavy atom. The van der Waals surface area contributed by atoms with Crippen molar-refractivity contribution in [2.24, 2.45) is 5.84 Å². The zero-order chi connectivity index (χ0) is 13.8. The second-order valence-electron chi connectivity index (χ2n) is 4.22. The van der Waals surface area contributed by atoms with E-state index in [0.29, 0.717) is 6.42 Å². The minimum atomic E-state index is -0.224. The van der Waals surface area contributed by atoms with Gasteiger partial charge in [0.25, 0.3) is 0 Å². The molecule has 2 rings (SSSR count). The van der Waals surface area contributed by atoms with Crippen LogP contribution in [0.25, 0.3) is 0 Å². The molecule has 0 aliphatic carbocycles. The summed E-state index contributed by atoms with van der Waals surface area (Å²) < 4.78 is 15.1. The van der Waals surface area contributed by atoms with Crippen molar-refractivity contribution in [2.75, 3.05) is 0 Å². The third-order valence-corrected chi connectivity index (χ3v) is 4.36. The summed E-state index contributed by atoms with van der Waals surface area (Å²) in [7, 11) is 0. The first-order chi connectivity index (χ1) is 9.10. The van der Waals surface area contributed by atoms with Gasteiger partial charge in [0.1, 0.15) is 5.82 Å². The van der Waals surface area contributed by atoms with Crippen molar-refractivity contribution in [2.45, 2.75) is 12.5 Å². The zero-order valence-corrected chi connectivity index (χ0v) is 13.8. The lowest BCUT2D eigenvalue weighted by molar-refractivity contribution is 0.548. The van der Waals surface area contributed by atoms with Crippen molar-refractivity contribution in [1.82, 2.24) is 5.43 Å². The molecular formula is C14H13BrFIN2. The van der Waals surface area contributed by atoms with Gasteiger partial charge in [-0.2, -0.15) is 0 Å². The van der Waals surface area contributed by atoms with Crippen LogP contribution in [0.1, 0.15) is 17.2 Å². The third-order valence-electron chi connectivity index (χ3n) is 2.89. The number of halogens is 3. The molecule has 0 bridgehead atoms. The number of nitrogens with one attached hydrogen (secondary N) is 1. The van der Waals surface area contributed by atoms with Crippen molar-refractivity contribution >= 4 is 38.5 Å². The van der Waals surface area contributed by atoms with Crippen LogP contribution in [0.4, 0.5) is 4.39 Å². The van der Waals surface area contributed by atoms with Gasteiger partial charge in [0.05, 0.1) is 6.04 Å². The molecule has 1 atom stereocenters. The monoisotopic (exact) mass is 434 g/mol. The van der Waals surface area contributed by atoms with E-state index < -0.39 is 0 Å². The quantitative estimate of drug-likeness (QED) is 0.434. The van der Waals surface area contributed by atoms with Gasteiger partial charge in [-0.1, -0.05) is 28.1 Å². The Hall–Kier alpha value is -0.500. The summed E-state index contributed by atoms with van der Waals surface area (Å²) in [6, 6.07) is 12.6. The molecule has 0 fully saturated rings. The predicted molar refractivity (Wildman–Crippen MR) is 87.0 cm³/mol. The second kappa shape index (κ2) is 6.78. The highest BCUT2D eigenvalue weighted by Gasteiger charge is 2.14. The van der Waals surface area contributed by atoms with Gasteiger partial charge in [0.15, 0.2) is 0 Å². The number of hydrogen-bond acceptors (Lipinski definition) is 2. The molecule has 2 nitrogen and oxygen atoms in total. The van der Waals surface area contributed by atoms with Crippen LogP contribution < -0.4 is 11.3 Å². The van der Waals surface area contributed by atoms with Crippen LogP contribution in [0.15, 0.2) is 46.9 Å². The summed E-state index contributed by atoms with van der Waals surface area (Å²) in [4.78, 5) is 0. The maximum absolute atomic E-state index is 12.9. The molecular weight excluding hydrogens is 422 g/mol. The Morgan fingerprint density at radius 1 is 1.21 bits per heavy atom. The number of hydrazine groups is 1. The summed E-state index contributed by atoms with van der Waals surface area (Å²) in [5, 5.41) is 0. The summed E-state index contributed by atoms with van der Waals surface area (Å²) in [5.41, 5.74) is 5.00. The predicted octanol–water partition coefficient (Wildman–Crippen LogP) is 3.94. The van der Waals surface area contributed by atoms with Crippen LogP contribution >= 0.6 is 38.5 Å². The minimum absolute atomic E-state index is 0.00476. The van der Waals surface area contributed by atoms with Gasteiger partial charge in [-0.3, -0.25) is 11.3 Å². The van der Waals surface area contributed by atoms with Crippen molar-refractivity contribution in [3.8, 4) is 0 Å². The van der Waals surface area contributed by atoms with Gasteiger partial charge in [-0.15, -0.1) is 0 Å². The first-order valence-electron chi connectivity index (χ1n) is 5.75. The number of nitrogens with two attached hydrogens (primary N) is 1. The molecule has 0 amide bonds. The molecule has 100 valence electrons. The molecule has 0 aliphatic rings. The van der Waals surface area contributed by atoms with Crippen molar-refractivity contribution in [3.63, 3.8) is 0 Å². The topological polar surface area (TPSA) is 38.0 Å². The van der Waals surface area contributed by atoms with Crippen molar-refractivity contribution < 1.29 is 4.39 Å². The van der Waals surface area contributed by atoms with E-state index in [1.165, 1.54) is 12.1 Å². The highest BCUT2D eigenvalue weighted by Crippen LogP contribution is 2.26. The van der Waals surface area contributed by atoms with Crippen LogP contribution in [0.5, 0.6) is 0 Å². The van der Waals surface area contributed by atoms with E-state index in [1.54, 1.807) is 12.1 Å². The first kappa shape index (κ1) is 14.9. The summed E-state index contributed by atoms with van der Waals surface area (Å²) in [6.45, 7) is 0. The van der Waals surface area contributed by atoms with E-state index in [9.17, 15) is 4.39 Å². The normalized spacial score (nSPS) is 12.4. The molecule has 0 aromatic heterocycles. The zero-order valence-electron chi connectivity index (χ0n) is 10.0. The van der Waals surface area contributed by atoms with Gasteiger partial charge >= 0.3 is 0 Å². The van der Waals surface area contributed by atoms with E-state index in [4.69, 9.17) is 5.84 Å². The van der Waals surface area contributed by atoms with Gasteiger partial charge in [-0.25, -0.2) is 4.39 Å². The molecule has 5 heteroatoms. The SMILES string of the molecule is NNC(Cc1ccc(F)cc1)c1cc(Br)ccc1I. The maximum atomic E-state index is 12.9. The Balaban J connectivity index is 2.24. The van der Waals surface area contributed by atoms with Crippen LogP contribution in [-0.4, -0.2) is 0 Å². The highest BCUT2D eigenvalue weighted by atomic mass is 127. The summed E-state index contributed by atoms with van der Waals surface area (Å²) >= 11 is 5.75. The molecule has 1 unspecified atom stereocenters. The standard InChI is InChI=1S/C14H13BrFIN2/c15-10-3-6-13(17)12(8-10)14(19-18)7-9-1-4-11(16)5-2-9/h1-6,8,14,19H,7,18H2. The van der Waals surface area contributed by atoms with Gasteiger partial charge < -0.3 is 0 Å². The van der Waals surface area contributed by atoms with Crippen LogP contribution in [0, 0.1) is 9.39 Å². The average molecular weight is 435 g/mol. The minimum Gasteiger partial charge on any atom is -0.271 e. The maximum Gasteiger partial charge on any atom is 0.123 e. The number of rotatable bonds is 4. The number of hydrogen-bond donors (Lipinski definition) is 2.